The fraction of sp³-hybridized carbons (Fsp3) is 0.444. The molecule has 2 atom stereocenters. The van der Waals surface area contributed by atoms with Gasteiger partial charge in [0, 0.05) is 19.1 Å². The van der Waals surface area contributed by atoms with Crippen LogP contribution in [0.3, 0.4) is 0 Å². The van der Waals surface area contributed by atoms with E-state index in [1.165, 1.54) is 5.56 Å². The molecule has 0 spiro atoms. The van der Waals surface area contributed by atoms with E-state index in [0.29, 0.717) is 13.1 Å². The van der Waals surface area contributed by atoms with Gasteiger partial charge in [-0.2, -0.15) is 5.10 Å². The number of alkyl carbamates (subject to hydrolysis) is 1. The van der Waals surface area contributed by atoms with Crippen molar-refractivity contribution in [2.45, 2.75) is 25.0 Å². The average Bonchev–Trinajstić information content (AvgIpc) is 3.32. The Morgan fingerprint density at radius 1 is 1.27 bits per heavy atom. The molecule has 0 saturated carbocycles. The van der Waals surface area contributed by atoms with Crippen LogP contribution >= 0.6 is 0 Å². The highest BCUT2D eigenvalue weighted by Crippen LogP contribution is 2.18. The maximum absolute atomic E-state index is 12.0. The summed E-state index contributed by atoms with van der Waals surface area (Å²) in [6, 6.07) is 9.91. The second-order valence-electron chi connectivity index (χ2n) is 6.17. The lowest BCUT2D eigenvalue weighted by Crippen LogP contribution is -2.39. The number of nitrogens with zero attached hydrogens (tertiary/aromatic N) is 1. The molecule has 1 saturated heterocycles. The van der Waals surface area contributed by atoms with Crippen molar-refractivity contribution in [2.75, 3.05) is 32.1 Å². The molecule has 3 rings (SSSR count). The Morgan fingerprint density at radius 2 is 2.12 bits per heavy atom. The van der Waals surface area contributed by atoms with Gasteiger partial charge in [0.05, 0.1) is 13.3 Å². The van der Waals surface area contributed by atoms with E-state index in [1.54, 1.807) is 13.3 Å². The molecule has 1 aromatic heterocycles. The molecule has 1 amide bonds. The zero-order valence-electron chi connectivity index (χ0n) is 14.8. The molecule has 2 heterocycles. The zero-order chi connectivity index (χ0) is 18.2. The smallest absolute Gasteiger partial charge is 0.407 e. The summed E-state index contributed by atoms with van der Waals surface area (Å²) in [6.45, 7) is 1.91. The van der Waals surface area contributed by atoms with Crippen molar-refractivity contribution in [3.8, 4) is 5.75 Å². The lowest BCUT2D eigenvalue weighted by molar-refractivity contribution is 0.0904. The Hall–Kier alpha value is -2.74. The maximum atomic E-state index is 12.0. The Bertz CT molecular complexity index is 675. The standard InChI is InChI=1S/C18H25N5O3/c1-25-14-4-2-13(3-5-14)12-15-16(6-8-19-15)26-18(24)21-11-10-20-17-7-9-22-23-17/h2-5,7,9,15-16,19H,6,8,10-12H2,1H3,(H,21,24)(H2,20,22,23). The number of hydrogen-bond acceptors (Lipinski definition) is 6. The van der Waals surface area contributed by atoms with Crippen molar-refractivity contribution in [1.82, 2.24) is 20.8 Å². The third-order valence-electron chi connectivity index (χ3n) is 4.37. The highest BCUT2D eigenvalue weighted by atomic mass is 16.6. The predicted molar refractivity (Wildman–Crippen MR) is 98.5 cm³/mol. The molecule has 2 aromatic rings. The number of rotatable bonds is 8. The molecule has 1 aromatic carbocycles. The molecule has 2 unspecified atom stereocenters. The molecule has 1 fully saturated rings. The average molecular weight is 359 g/mol. The Balaban J connectivity index is 1.40. The van der Waals surface area contributed by atoms with Gasteiger partial charge in [0.15, 0.2) is 0 Å². The van der Waals surface area contributed by atoms with Crippen LogP contribution in [0.2, 0.25) is 0 Å². The monoisotopic (exact) mass is 359 g/mol. The number of ether oxygens (including phenoxy) is 2. The second-order valence-corrected chi connectivity index (χ2v) is 6.17. The van der Waals surface area contributed by atoms with Gasteiger partial charge in [-0.25, -0.2) is 4.79 Å². The summed E-state index contributed by atoms with van der Waals surface area (Å²) >= 11 is 0. The number of nitrogens with one attached hydrogen (secondary N) is 4. The highest BCUT2D eigenvalue weighted by molar-refractivity contribution is 5.67. The number of amides is 1. The van der Waals surface area contributed by atoms with Crippen molar-refractivity contribution in [3.05, 3.63) is 42.1 Å². The van der Waals surface area contributed by atoms with Crippen molar-refractivity contribution >= 4 is 11.9 Å². The zero-order valence-corrected chi connectivity index (χ0v) is 14.8. The molecule has 26 heavy (non-hydrogen) atoms. The third kappa shape index (κ3) is 5.13. The first-order chi connectivity index (χ1) is 12.7. The largest absolute Gasteiger partial charge is 0.497 e. The van der Waals surface area contributed by atoms with E-state index in [9.17, 15) is 4.79 Å². The van der Waals surface area contributed by atoms with Crippen molar-refractivity contribution in [1.29, 1.82) is 0 Å². The van der Waals surface area contributed by atoms with E-state index in [4.69, 9.17) is 9.47 Å². The topological polar surface area (TPSA) is 100 Å². The first-order valence-corrected chi connectivity index (χ1v) is 8.78. The van der Waals surface area contributed by atoms with E-state index >= 15 is 0 Å². The summed E-state index contributed by atoms with van der Waals surface area (Å²) in [5.41, 5.74) is 1.18. The maximum Gasteiger partial charge on any atom is 0.407 e. The van der Waals surface area contributed by atoms with Crippen molar-refractivity contribution in [2.24, 2.45) is 0 Å². The Labute approximate surface area is 152 Å². The van der Waals surface area contributed by atoms with Gasteiger partial charge < -0.3 is 25.4 Å². The molecular weight excluding hydrogens is 334 g/mol. The summed E-state index contributed by atoms with van der Waals surface area (Å²) in [5.74, 6) is 1.66. The van der Waals surface area contributed by atoms with Crippen LogP contribution in [-0.2, 0) is 11.2 Å². The highest BCUT2D eigenvalue weighted by Gasteiger charge is 2.30. The molecule has 0 radical (unpaired) electrons. The first kappa shape index (κ1) is 18.1. The molecule has 0 bridgehead atoms. The summed E-state index contributed by atoms with van der Waals surface area (Å²) in [4.78, 5) is 12.0. The molecule has 140 valence electrons. The minimum Gasteiger partial charge on any atom is -0.497 e. The first-order valence-electron chi connectivity index (χ1n) is 8.78. The van der Waals surface area contributed by atoms with E-state index < -0.39 is 0 Å². The Kier molecular flexibility index (Phi) is 6.32. The normalized spacial score (nSPS) is 19.1. The fourth-order valence-corrected chi connectivity index (χ4v) is 3.00. The van der Waals surface area contributed by atoms with Gasteiger partial charge in [0.25, 0.3) is 0 Å². The number of aromatic nitrogens is 2. The summed E-state index contributed by atoms with van der Waals surface area (Å²) in [6.07, 6.45) is 2.78. The Morgan fingerprint density at radius 3 is 2.85 bits per heavy atom. The molecule has 8 heteroatoms. The van der Waals surface area contributed by atoms with Gasteiger partial charge in [0.2, 0.25) is 0 Å². The number of carbonyl (C=O) groups is 1. The van der Waals surface area contributed by atoms with Crippen LogP contribution in [0.4, 0.5) is 10.6 Å². The van der Waals surface area contributed by atoms with Crippen LogP contribution in [0, 0.1) is 0 Å². The van der Waals surface area contributed by atoms with E-state index in [0.717, 1.165) is 31.0 Å². The number of carbonyl (C=O) groups excluding carboxylic acids is 1. The fourth-order valence-electron chi connectivity index (χ4n) is 3.00. The minimum absolute atomic E-state index is 0.122. The van der Waals surface area contributed by atoms with Crippen LogP contribution < -0.4 is 20.7 Å². The molecule has 1 aliphatic rings. The van der Waals surface area contributed by atoms with E-state index in [-0.39, 0.29) is 18.2 Å². The number of hydrogen-bond donors (Lipinski definition) is 4. The van der Waals surface area contributed by atoms with E-state index in [1.807, 2.05) is 30.3 Å². The van der Waals surface area contributed by atoms with Crippen LogP contribution in [0.1, 0.15) is 12.0 Å². The van der Waals surface area contributed by atoms with Crippen LogP contribution in [0.25, 0.3) is 0 Å². The predicted octanol–water partition coefficient (Wildman–Crippen LogP) is 1.53. The van der Waals surface area contributed by atoms with Gasteiger partial charge >= 0.3 is 6.09 Å². The number of methoxy groups -OCH3 is 1. The molecular formula is C18H25N5O3. The number of benzene rings is 1. The summed E-state index contributed by atoms with van der Waals surface area (Å²) in [5, 5.41) is 15.9. The van der Waals surface area contributed by atoms with Gasteiger partial charge in [-0.3, -0.25) is 5.10 Å². The van der Waals surface area contributed by atoms with Crippen LogP contribution in [0.5, 0.6) is 5.75 Å². The van der Waals surface area contributed by atoms with Crippen molar-refractivity contribution in [3.63, 3.8) is 0 Å². The molecule has 1 aliphatic heterocycles. The third-order valence-corrected chi connectivity index (χ3v) is 4.37. The SMILES string of the molecule is COc1ccc(CC2NCCC2OC(=O)NCCNc2ccn[nH]2)cc1. The van der Waals surface area contributed by atoms with Crippen LogP contribution in [-0.4, -0.2) is 55.2 Å². The van der Waals surface area contributed by atoms with Gasteiger partial charge in [-0.05, 0) is 43.1 Å². The number of H-pyrrole nitrogens is 1. The van der Waals surface area contributed by atoms with Gasteiger partial charge in [-0.1, -0.05) is 12.1 Å². The molecule has 8 nitrogen and oxygen atoms in total. The summed E-state index contributed by atoms with van der Waals surface area (Å²) in [7, 11) is 1.65. The molecule has 0 aliphatic carbocycles. The number of anilines is 1. The number of aromatic amines is 1. The minimum atomic E-state index is -0.384. The quantitative estimate of drug-likeness (QED) is 0.534. The lowest BCUT2D eigenvalue weighted by atomic mass is 10.0. The second kappa shape index (κ2) is 9.10. The molecule has 4 N–H and O–H groups in total. The lowest BCUT2D eigenvalue weighted by Gasteiger charge is -2.20. The van der Waals surface area contributed by atoms with Gasteiger partial charge in [0.1, 0.15) is 17.7 Å². The van der Waals surface area contributed by atoms with Crippen LogP contribution in [0.15, 0.2) is 36.5 Å². The summed E-state index contributed by atoms with van der Waals surface area (Å²) < 4.78 is 10.8. The van der Waals surface area contributed by atoms with Crippen molar-refractivity contribution < 1.29 is 14.3 Å². The van der Waals surface area contributed by atoms with E-state index in [2.05, 4.69) is 26.1 Å². The van der Waals surface area contributed by atoms with Gasteiger partial charge in [-0.15, -0.1) is 0 Å².